The van der Waals surface area contributed by atoms with Gasteiger partial charge in [-0.3, -0.25) is 9.78 Å². The lowest BCUT2D eigenvalue weighted by molar-refractivity contribution is 0.313. The van der Waals surface area contributed by atoms with E-state index in [0.29, 0.717) is 17.9 Å². The van der Waals surface area contributed by atoms with E-state index in [1.807, 2.05) is 29.6 Å². The Balaban J connectivity index is 1.41. The molecule has 1 aliphatic heterocycles. The third-order valence-electron chi connectivity index (χ3n) is 6.41. The van der Waals surface area contributed by atoms with Gasteiger partial charge in [0.15, 0.2) is 0 Å². The van der Waals surface area contributed by atoms with Gasteiger partial charge in [0.25, 0.3) is 5.56 Å². The average molecular weight is 472 g/mol. The molecule has 0 amide bonds. The highest BCUT2D eigenvalue weighted by atomic mass is 32.1. The first-order valence-electron chi connectivity index (χ1n) is 11.4. The number of pyridine rings is 2. The van der Waals surface area contributed by atoms with E-state index in [0.717, 1.165) is 58.7 Å². The van der Waals surface area contributed by atoms with Crippen molar-refractivity contribution in [1.82, 2.24) is 24.8 Å². The van der Waals surface area contributed by atoms with Crippen molar-refractivity contribution in [2.45, 2.75) is 6.54 Å². The number of H-pyrrole nitrogens is 2. The Bertz CT molecular complexity index is 1510. The van der Waals surface area contributed by atoms with E-state index in [1.54, 1.807) is 23.7 Å². The van der Waals surface area contributed by atoms with Gasteiger partial charge in [-0.1, -0.05) is 0 Å². The van der Waals surface area contributed by atoms with Gasteiger partial charge in [0.05, 0.1) is 26.9 Å². The number of likely N-dealkylation sites (N-methyl/N-ethyl adjacent to an activating group) is 1. The molecule has 0 bridgehead atoms. The number of nitrogens with one attached hydrogen (secondary N) is 3. The highest BCUT2D eigenvalue weighted by Crippen LogP contribution is 2.34. The summed E-state index contributed by atoms with van der Waals surface area (Å²) in [6.45, 7) is 4.69. The van der Waals surface area contributed by atoms with Gasteiger partial charge in [0, 0.05) is 50.8 Å². The summed E-state index contributed by atoms with van der Waals surface area (Å²) in [6.07, 6.45) is 3.54. The van der Waals surface area contributed by atoms with E-state index in [1.165, 1.54) is 5.69 Å². The maximum absolute atomic E-state index is 13.2. The zero-order chi connectivity index (χ0) is 23.1. The molecule has 9 heteroatoms. The van der Waals surface area contributed by atoms with E-state index >= 15 is 0 Å². The van der Waals surface area contributed by atoms with E-state index in [2.05, 4.69) is 49.2 Å². The Morgan fingerprint density at radius 2 is 1.85 bits per heavy atom. The molecule has 0 atom stereocenters. The summed E-state index contributed by atoms with van der Waals surface area (Å²) in [6, 6.07) is 12.2. The molecule has 34 heavy (non-hydrogen) atoms. The Labute approximate surface area is 200 Å². The summed E-state index contributed by atoms with van der Waals surface area (Å²) in [5.41, 5.74) is 6.02. The van der Waals surface area contributed by atoms with Gasteiger partial charge < -0.3 is 25.1 Å². The van der Waals surface area contributed by atoms with Crippen molar-refractivity contribution in [2.75, 3.05) is 43.4 Å². The van der Waals surface area contributed by atoms with Crippen LogP contribution in [0.2, 0.25) is 0 Å². The van der Waals surface area contributed by atoms with Crippen LogP contribution in [0.1, 0.15) is 5.56 Å². The minimum Gasteiger partial charge on any atom is -0.379 e. The maximum Gasteiger partial charge on any atom is 0.261 e. The standard InChI is InChI=1S/C25H25N7OS/c1-31-9-11-32(12-10-31)17-2-3-18-20(14-17)29-24(28-18)21-22(27-15-16-4-7-26-8-5-16)23-19(6-13-34-23)30-25(21)33/h2-8,13-14H,9-12,15H2,1H3,(H,28,29)(H2,27,30,33). The van der Waals surface area contributed by atoms with Crippen LogP contribution >= 0.6 is 11.3 Å². The normalized spacial score (nSPS) is 14.8. The molecule has 3 N–H and O–H groups in total. The van der Waals surface area contributed by atoms with Crippen LogP contribution in [0.5, 0.6) is 0 Å². The molecule has 1 saturated heterocycles. The van der Waals surface area contributed by atoms with Gasteiger partial charge in [-0.2, -0.15) is 0 Å². The number of rotatable bonds is 5. The average Bonchev–Trinajstić information content (AvgIpc) is 3.49. The molecule has 0 unspecified atom stereocenters. The fourth-order valence-corrected chi connectivity index (χ4v) is 5.35. The van der Waals surface area contributed by atoms with Crippen LogP contribution in [0, 0.1) is 0 Å². The molecule has 4 aromatic heterocycles. The number of hydrogen-bond acceptors (Lipinski definition) is 7. The Kier molecular flexibility index (Phi) is 5.27. The number of benzene rings is 1. The van der Waals surface area contributed by atoms with Gasteiger partial charge in [-0.05, 0) is 54.4 Å². The van der Waals surface area contributed by atoms with Crippen molar-refractivity contribution in [3.63, 3.8) is 0 Å². The molecular formula is C25H25N7OS. The molecule has 6 rings (SSSR count). The minimum absolute atomic E-state index is 0.165. The number of hydrogen-bond donors (Lipinski definition) is 3. The lowest BCUT2D eigenvalue weighted by Crippen LogP contribution is -2.44. The molecule has 5 heterocycles. The largest absolute Gasteiger partial charge is 0.379 e. The smallest absolute Gasteiger partial charge is 0.261 e. The quantitative estimate of drug-likeness (QED) is 0.360. The zero-order valence-electron chi connectivity index (χ0n) is 18.8. The highest BCUT2D eigenvalue weighted by Gasteiger charge is 2.20. The van der Waals surface area contributed by atoms with Gasteiger partial charge in [0.1, 0.15) is 11.4 Å². The Morgan fingerprint density at radius 3 is 2.68 bits per heavy atom. The molecule has 0 radical (unpaired) electrons. The van der Waals surface area contributed by atoms with E-state index in [9.17, 15) is 4.79 Å². The topological polar surface area (TPSA) is 92.9 Å². The highest BCUT2D eigenvalue weighted by molar-refractivity contribution is 7.17. The fourth-order valence-electron chi connectivity index (χ4n) is 4.48. The predicted molar refractivity (Wildman–Crippen MR) is 139 cm³/mol. The van der Waals surface area contributed by atoms with Crippen LogP contribution < -0.4 is 15.8 Å². The molecule has 8 nitrogen and oxygen atoms in total. The second kappa shape index (κ2) is 8.58. The summed E-state index contributed by atoms with van der Waals surface area (Å²) >= 11 is 1.60. The van der Waals surface area contributed by atoms with Crippen LogP contribution in [-0.2, 0) is 6.54 Å². The minimum atomic E-state index is -0.165. The first kappa shape index (κ1) is 20.9. The molecule has 172 valence electrons. The lowest BCUT2D eigenvalue weighted by atomic mass is 10.2. The summed E-state index contributed by atoms with van der Waals surface area (Å²) in [5, 5.41) is 5.49. The summed E-state index contributed by atoms with van der Waals surface area (Å²) in [7, 11) is 2.16. The molecular weight excluding hydrogens is 446 g/mol. The zero-order valence-corrected chi connectivity index (χ0v) is 19.7. The number of anilines is 2. The first-order valence-corrected chi connectivity index (χ1v) is 12.2. The van der Waals surface area contributed by atoms with Crippen molar-refractivity contribution in [3.05, 3.63) is 70.1 Å². The van der Waals surface area contributed by atoms with Crippen LogP contribution in [-0.4, -0.2) is 58.1 Å². The van der Waals surface area contributed by atoms with Gasteiger partial charge in [-0.25, -0.2) is 4.98 Å². The van der Waals surface area contributed by atoms with Crippen molar-refractivity contribution >= 4 is 44.0 Å². The van der Waals surface area contributed by atoms with Crippen LogP contribution in [0.4, 0.5) is 11.4 Å². The number of aromatic nitrogens is 4. The number of fused-ring (bicyclic) bond motifs is 2. The van der Waals surface area contributed by atoms with Crippen LogP contribution in [0.15, 0.2) is 59.0 Å². The second-order valence-corrected chi connectivity index (χ2v) is 9.57. The van der Waals surface area contributed by atoms with Crippen LogP contribution in [0.3, 0.4) is 0 Å². The van der Waals surface area contributed by atoms with E-state index in [4.69, 9.17) is 4.98 Å². The molecule has 1 fully saturated rings. The molecule has 0 saturated carbocycles. The summed E-state index contributed by atoms with van der Waals surface area (Å²) in [5.74, 6) is 0.569. The SMILES string of the molecule is CN1CCN(c2ccc3nc(-c4c(NCc5ccncc5)c5sccc5[nH]c4=O)[nH]c3c2)CC1. The number of imidazole rings is 1. The molecule has 0 aliphatic carbocycles. The van der Waals surface area contributed by atoms with Crippen LogP contribution in [0.25, 0.3) is 32.6 Å². The molecule has 1 aromatic carbocycles. The fraction of sp³-hybridized carbons (Fsp3) is 0.240. The van der Waals surface area contributed by atoms with Gasteiger partial charge in [0.2, 0.25) is 0 Å². The summed E-state index contributed by atoms with van der Waals surface area (Å²) < 4.78 is 1.00. The maximum atomic E-state index is 13.2. The first-order chi connectivity index (χ1) is 16.7. The lowest BCUT2D eigenvalue weighted by Gasteiger charge is -2.34. The summed E-state index contributed by atoms with van der Waals surface area (Å²) in [4.78, 5) is 33.3. The number of aromatic amines is 2. The molecule has 5 aromatic rings. The Morgan fingerprint density at radius 1 is 1.03 bits per heavy atom. The molecule has 0 spiro atoms. The number of thiophene rings is 1. The van der Waals surface area contributed by atoms with E-state index < -0.39 is 0 Å². The van der Waals surface area contributed by atoms with Crippen molar-refractivity contribution in [1.29, 1.82) is 0 Å². The van der Waals surface area contributed by atoms with Gasteiger partial charge >= 0.3 is 0 Å². The number of piperazine rings is 1. The third-order valence-corrected chi connectivity index (χ3v) is 7.34. The molecule has 1 aliphatic rings. The monoisotopic (exact) mass is 471 g/mol. The van der Waals surface area contributed by atoms with Crippen molar-refractivity contribution in [2.24, 2.45) is 0 Å². The second-order valence-electron chi connectivity index (χ2n) is 8.65. The predicted octanol–water partition coefficient (Wildman–Crippen LogP) is 3.89. The third kappa shape index (κ3) is 3.82. The van der Waals surface area contributed by atoms with Gasteiger partial charge in [-0.15, -0.1) is 11.3 Å². The van der Waals surface area contributed by atoms with Crippen molar-refractivity contribution in [3.8, 4) is 11.4 Å². The Hall–Kier alpha value is -3.69. The number of nitrogens with zero attached hydrogens (tertiary/aromatic N) is 4. The van der Waals surface area contributed by atoms with E-state index in [-0.39, 0.29) is 5.56 Å². The van der Waals surface area contributed by atoms with Crippen molar-refractivity contribution < 1.29 is 0 Å².